The summed E-state index contributed by atoms with van der Waals surface area (Å²) in [5.74, 6) is -2.10. The Labute approximate surface area is 233 Å². The quantitative estimate of drug-likeness (QED) is 0.400. The maximum absolute atomic E-state index is 14.2. The highest BCUT2D eigenvalue weighted by Crippen LogP contribution is 2.68. The van der Waals surface area contributed by atoms with Gasteiger partial charge in [0, 0.05) is 22.0 Å². The molecule has 2 heterocycles. The topological polar surface area (TPSA) is 105 Å². The van der Waals surface area contributed by atoms with Gasteiger partial charge in [-0.15, -0.1) is 0 Å². The van der Waals surface area contributed by atoms with Crippen LogP contribution in [-0.2, 0) is 43.7 Å². The molecule has 2 saturated heterocycles. The van der Waals surface area contributed by atoms with E-state index in [9.17, 15) is 19.2 Å². The van der Waals surface area contributed by atoms with Crippen molar-refractivity contribution < 1.29 is 38.1 Å². The fraction of sp³-hybridized carbons (Fsp3) is 0.562. The molecule has 8 heteroatoms. The summed E-state index contributed by atoms with van der Waals surface area (Å²) in [5.41, 5.74) is -5.21. The smallest absolute Gasteiger partial charge is 0.352 e. The Balaban J connectivity index is 1.28. The molecular formula is C32H34O8. The fourth-order valence-corrected chi connectivity index (χ4v) is 8.37. The zero-order chi connectivity index (χ0) is 28.7. The predicted molar refractivity (Wildman–Crippen MR) is 141 cm³/mol. The first-order valence-corrected chi connectivity index (χ1v) is 14.0. The van der Waals surface area contributed by atoms with Crippen molar-refractivity contribution in [1.82, 2.24) is 0 Å². The summed E-state index contributed by atoms with van der Waals surface area (Å²) in [7, 11) is 0. The first-order chi connectivity index (χ1) is 18.6. The van der Waals surface area contributed by atoms with Crippen LogP contribution in [-0.4, -0.2) is 41.2 Å². The van der Waals surface area contributed by atoms with E-state index < -0.39 is 68.4 Å². The van der Waals surface area contributed by atoms with Crippen LogP contribution >= 0.6 is 0 Å². The van der Waals surface area contributed by atoms with Crippen LogP contribution in [0.4, 0.5) is 0 Å². The Morgan fingerprint density at radius 3 is 1.88 bits per heavy atom. The first kappa shape index (κ1) is 25.5. The van der Waals surface area contributed by atoms with Crippen LogP contribution in [0.15, 0.2) is 42.5 Å². The van der Waals surface area contributed by atoms with Crippen molar-refractivity contribution in [1.29, 1.82) is 0 Å². The molecule has 0 spiro atoms. The van der Waals surface area contributed by atoms with E-state index in [1.165, 1.54) is 0 Å². The molecule has 0 N–H and O–H groups in total. The van der Waals surface area contributed by atoms with Gasteiger partial charge in [-0.1, -0.05) is 64.1 Å². The van der Waals surface area contributed by atoms with E-state index in [1.807, 2.05) is 71.9 Å². The summed E-state index contributed by atoms with van der Waals surface area (Å²) in [6, 6.07) is 7.52. The minimum absolute atomic E-state index is 0.351. The second-order valence-corrected chi connectivity index (χ2v) is 13.8. The zero-order valence-corrected chi connectivity index (χ0v) is 23.7. The molecule has 6 aliphatic rings. The van der Waals surface area contributed by atoms with Crippen molar-refractivity contribution in [3.63, 3.8) is 0 Å². The number of ether oxygens (including phenoxy) is 4. The second-order valence-electron chi connectivity index (χ2n) is 13.8. The molecule has 0 radical (unpaired) electrons. The molecule has 0 amide bonds. The summed E-state index contributed by atoms with van der Waals surface area (Å²) >= 11 is 0. The number of benzene rings is 1. The monoisotopic (exact) mass is 546 g/mol. The molecule has 4 aliphatic carbocycles. The van der Waals surface area contributed by atoms with Crippen molar-refractivity contribution in [2.45, 2.75) is 90.1 Å². The Morgan fingerprint density at radius 2 is 1.35 bits per heavy atom. The minimum atomic E-state index is -1.45. The predicted octanol–water partition coefficient (Wildman–Crippen LogP) is 4.55. The molecule has 2 saturated carbocycles. The maximum Gasteiger partial charge on any atom is 0.352 e. The highest BCUT2D eigenvalue weighted by Gasteiger charge is 2.79. The molecule has 7 rings (SSSR count). The number of carbonyl (C=O) groups is 4. The third-order valence-corrected chi connectivity index (χ3v) is 12.3. The van der Waals surface area contributed by atoms with Gasteiger partial charge in [-0.3, -0.25) is 9.59 Å². The van der Waals surface area contributed by atoms with Gasteiger partial charge in [-0.2, -0.15) is 0 Å². The lowest BCUT2D eigenvalue weighted by Crippen LogP contribution is -2.59. The van der Waals surface area contributed by atoms with Gasteiger partial charge >= 0.3 is 23.9 Å². The highest BCUT2D eigenvalue weighted by molar-refractivity contribution is 5.98. The largest absolute Gasteiger partial charge is 0.450 e. The van der Waals surface area contributed by atoms with Gasteiger partial charge in [-0.25, -0.2) is 9.59 Å². The van der Waals surface area contributed by atoms with E-state index in [0.717, 1.165) is 5.56 Å². The molecule has 4 bridgehead atoms. The number of esters is 4. The van der Waals surface area contributed by atoms with Crippen LogP contribution in [0, 0.1) is 21.7 Å². The van der Waals surface area contributed by atoms with E-state index >= 15 is 0 Å². The van der Waals surface area contributed by atoms with E-state index in [0.29, 0.717) is 36.8 Å². The SMILES string of the molecule is CC1(C)[C@@]2(C)CC[C@]1(C(=O)O[C@H]1C=CC=C3c4ccccc4[C@@]31OC(=O)[C@@]13CC[C@@](C)(C(=O)O1)C3(C)C)OC2=O. The number of hydrogen-bond acceptors (Lipinski definition) is 8. The lowest BCUT2D eigenvalue weighted by atomic mass is 9.63. The molecule has 4 fully saturated rings. The van der Waals surface area contributed by atoms with Crippen LogP contribution in [0.25, 0.3) is 5.57 Å². The number of fused-ring (bicyclic) bond motifs is 8. The van der Waals surface area contributed by atoms with Gasteiger partial charge in [0.1, 0.15) is 0 Å². The van der Waals surface area contributed by atoms with Crippen LogP contribution in [0.2, 0.25) is 0 Å². The molecule has 40 heavy (non-hydrogen) atoms. The van der Waals surface area contributed by atoms with Gasteiger partial charge in [-0.05, 0) is 51.2 Å². The third kappa shape index (κ3) is 2.36. The van der Waals surface area contributed by atoms with E-state index in [4.69, 9.17) is 18.9 Å². The van der Waals surface area contributed by atoms with Gasteiger partial charge < -0.3 is 18.9 Å². The summed E-state index contributed by atoms with van der Waals surface area (Å²) in [5, 5.41) is 0. The Bertz CT molecular complexity index is 1500. The molecule has 1 aromatic carbocycles. The lowest BCUT2D eigenvalue weighted by molar-refractivity contribution is -0.208. The standard InChI is InChI=1S/C32H34O8/c1-26(2)28(5)14-16-30(26,38-22(28)33)24(35)37-21-13-9-12-20-18-10-7-8-11-19(18)32(20,21)40-25(36)31-17-15-29(6,23(34)39-31)27(31,3)4/h7-13,21H,14-17H2,1-6H3/t21-,28-,29-,30+,31+,32+/m0/s1. The summed E-state index contributed by atoms with van der Waals surface area (Å²) < 4.78 is 24.3. The second kappa shape index (κ2) is 7.07. The molecule has 0 unspecified atom stereocenters. The number of allylic oxidation sites excluding steroid dienone is 2. The van der Waals surface area contributed by atoms with Crippen LogP contribution in [0.3, 0.4) is 0 Å². The third-order valence-electron chi connectivity index (χ3n) is 12.3. The van der Waals surface area contributed by atoms with Gasteiger partial charge in [0.2, 0.25) is 16.8 Å². The fourth-order valence-electron chi connectivity index (χ4n) is 8.37. The van der Waals surface area contributed by atoms with Crippen molar-refractivity contribution in [2.24, 2.45) is 21.7 Å². The van der Waals surface area contributed by atoms with E-state index in [2.05, 4.69) is 0 Å². The van der Waals surface area contributed by atoms with E-state index in [1.54, 1.807) is 12.2 Å². The number of carbonyl (C=O) groups excluding carboxylic acids is 4. The van der Waals surface area contributed by atoms with Gasteiger partial charge in [0.25, 0.3) is 0 Å². The van der Waals surface area contributed by atoms with Crippen molar-refractivity contribution in [3.8, 4) is 0 Å². The normalized spacial score (nSPS) is 42.2. The van der Waals surface area contributed by atoms with Gasteiger partial charge in [0.05, 0.1) is 10.8 Å². The van der Waals surface area contributed by atoms with Crippen LogP contribution in [0.5, 0.6) is 0 Å². The first-order valence-electron chi connectivity index (χ1n) is 14.0. The average molecular weight is 547 g/mol. The number of hydrogen-bond donors (Lipinski definition) is 0. The molecule has 2 aliphatic heterocycles. The maximum atomic E-state index is 14.2. The van der Waals surface area contributed by atoms with Crippen LogP contribution < -0.4 is 0 Å². The van der Waals surface area contributed by atoms with Crippen molar-refractivity contribution in [2.75, 3.05) is 0 Å². The van der Waals surface area contributed by atoms with Crippen LogP contribution in [0.1, 0.15) is 78.4 Å². The molecule has 1 aromatic rings. The average Bonchev–Trinajstić information content (AvgIpc) is 3.37. The van der Waals surface area contributed by atoms with Crippen molar-refractivity contribution >= 4 is 29.5 Å². The van der Waals surface area contributed by atoms with E-state index in [-0.39, 0.29) is 0 Å². The summed E-state index contributed by atoms with van der Waals surface area (Å²) in [6.07, 6.45) is 6.06. The molecule has 6 atom stereocenters. The lowest BCUT2D eigenvalue weighted by Gasteiger charge is -2.51. The highest BCUT2D eigenvalue weighted by atomic mass is 16.6. The molecular weight excluding hydrogens is 512 g/mol. The Kier molecular flexibility index (Phi) is 4.51. The molecule has 0 aromatic heterocycles. The van der Waals surface area contributed by atoms with Crippen molar-refractivity contribution in [3.05, 3.63) is 53.6 Å². The summed E-state index contributed by atoms with van der Waals surface area (Å²) in [4.78, 5) is 54.0. The minimum Gasteiger partial charge on any atom is -0.450 e. The summed E-state index contributed by atoms with van der Waals surface area (Å²) in [6.45, 7) is 11.2. The molecule has 8 nitrogen and oxygen atoms in total. The molecule has 210 valence electrons. The Hall–Kier alpha value is -3.42. The Morgan fingerprint density at radius 1 is 0.800 bits per heavy atom. The number of rotatable bonds is 4. The van der Waals surface area contributed by atoms with Gasteiger partial charge in [0.15, 0.2) is 6.10 Å². The zero-order valence-electron chi connectivity index (χ0n) is 23.7.